The van der Waals surface area contributed by atoms with Crippen molar-refractivity contribution in [2.24, 2.45) is 0 Å². The van der Waals surface area contributed by atoms with Gasteiger partial charge in [-0.2, -0.15) is 0 Å². The highest BCUT2D eigenvalue weighted by Gasteiger charge is 2.14. The van der Waals surface area contributed by atoms with E-state index in [0.717, 1.165) is 4.88 Å². The molecule has 4 nitrogen and oxygen atoms in total. The molecule has 15 heavy (non-hydrogen) atoms. The summed E-state index contributed by atoms with van der Waals surface area (Å²) in [5, 5.41) is 3.30. The van der Waals surface area contributed by atoms with Gasteiger partial charge < -0.3 is 10.1 Å². The molecule has 82 valence electrons. The van der Waals surface area contributed by atoms with Gasteiger partial charge in [0.2, 0.25) is 5.91 Å². The van der Waals surface area contributed by atoms with E-state index in [4.69, 9.17) is 4.74 Å². The van der Waals surface area contributed by atoms with Crippen LogP contribution in [0.2, 0.25) is 0 Å². The van der Waals surface area contributed by atoms with E-state index in [1.807, 2.05) is 6.92 Å². The lowest BCUT2D eigenvalue weighted by Crippen LogP contribution is -2.05. The third-order valence-corrected chi connectivity index (χ3v) is 2.68. The zero-order valence-corrected chi connectivity index (χ0v) is 9.73. The Labute approximate surface area is 92.2 Å². The van der Waals surface area contributed by atoms with Crippen molar-refractivity contribution in [3.8, 4) is 0 Å². The Hall–Kier alpha value is -1.36. The second kappa shape index (κ2) is 4.93. The third kappa shape index (κ3) is 3.06. The molecule has 0 atom stereocenters. The van der Waals surface area contributed by atoms with Crippen LogP contribution in [0.3, 0.4) is 0 Å². The lowest BCUT2D eigenvalue weighted by molar-refractivity contribution is -0.114. The van der Waals surface area contributed by atoms with Crippen LogP contribution in [0.4, 0.5) is 5.00 Å². The highest BCUT2D eigenvalue weighted by Crippen LogP contribution is 2.26. The highest BCUT2D eigenvalue weighted by atomic mass is 32.1. The van der Waals surface area contributed by atoms with Crippen LogP contribution >= 0.6 is 11.3 Å². The summed E-state index contributed by atoms with van der Waals surface area (Å²) >= 11 is 1.36. The number of thiophene rings is 1. The summed E-state index contributed by atoms with van der Waals surface area (Å²) in [6.07, 6.45) is 0. The molecule has 0 unspecified atom stereocenters. The highest BCUT2D eigenvalue weighted by molar-refractivity contribution is 7.16. The summed E-state index contributed by atoms with van der Waals surface area (Å²) in [7, 11) is 0. The van der Waals surface area contributed by atoms with Gasteiger partial charge in [-0.05, 0) is 19.9 Å². The molecule has 0 aromatic carbocycles. The molecule has 0 saturated heterocycles. The van der Waals surface area contributed by atoms with Gasteiger partial charge in [-0.3, -0.25) is 4.79 Å². The predicted octanol–water partition coefficient (Wildman–Crippen LogP) is 2.19. The summed E-state index contributed by atoms with van der Waals surface area (Å²) in [4.78, 5) is 23.1. The number of esters is 1. The van der Waals surface area contributed by atoms with Crippen LogP contribution in [0.1, 0.15) is 29.1 Å². The minimum absolute atomic E-state index is 0.147. The van der Waals surface area contributed by atoms with Gasteiger partial charge in [-0.15, -0.1) is 11.3 Å². The van der Waals surface area contributed by atoms with E-state index < -0.39 is 0 Å². The maximum absolute atomic E-state index is 11.4. The van der Waals surface area contributed by atoms with Crippen LogP contribution < -0.4 is 5.32 Å². The van der Waals surface area contributed by atoms with Gasteiger partial charge in [0.1, 0.15) is 0 Å². The molecule has 0 spiro atoms. The van der Waals surface area contributed by atoms with Crippen molar-refractivity contribution < 1.29 is 14.3 Å². The number of ether oxygens (including phenoxy) is 1. The second-order valence-electron chi connectivity index (χ2n) is 2.98. The van der Waals surface area contributed by atoms with E-state index in [9.17, 15) is 9.59 Å². The number of aryl methyl sites for hydroxylation is 1. The van der Waals surface area contributed by atoms with Crippen molar-refractivity contribution in [1.82, 2.24) is 0 Å². The molecule has 0 radical (unpaired) electrons. The van der Waals surface area contributed by atoms with Gasteiger partial charge in [0.15, 0.2) is 0 Å². The Bertz CT molecular complexity index is 384. The maximum atomic E-state index is 11.4. The fourth-order valence-corrected chi connectivity index (χ4v) is 2.08. The molecule has 0 aliphatic rings. The molecule has 0 saturated carbocycles. The average Bonchev–Trinajstić information content (AvgIpc) is 2.46. The zero-order valence-electron chi connectivity index (χ0n) is 8.92. The number of hydrogen-bond donors (Lipinski definition) is 1. The van der Waals surface area contributed by atoms with Crippen molar-refractivity contribution in [3.05, 3.63) is 16.5 Å². The number of nitrogens with one attached hydrogen (secondary N) is 1. The molecule has 1 rings (SSSR count). The van der Waals surface area contributed by atoms with Crippen molar-refractivity contribution in [2.75, 3.05) is 11.9 Å². The minimum atomic E-state index is -0.345. The summed E-state index contributed by atoms with van der Waals surface area (Å²) < 4.78 is 4.88. The molecule has 1 amide bonds. The third-order valence-electron chi connectivity index (χ3n) is 1.71. The SMILES string of the molecule is CCOC(=O)c1cc(NC(C)=O)sc1C. The number of rotatable bonds is 3. The van der Waals surface area contributed by atoms with E-state index in [1.54, 1.807) is 13.0 Å². The quantitative estimate of drug-likeness (QED) is 0.805. The Morgan fingerprint density at radius 3 is 2.73 bits per heavy atom. The number of carbonyl (C=O) groups is 2. The van der Waals surface area contributed by atoms with Crippen LogP contribution in [-0.4, -0.2) is 18.5 Å². The topological polar surface area (TPSA) is 55.4 Å². The molecular formula is C10H13NO3S. The van der Waals surface area contributed by atoms with Crippen LogP contribution in [0.5, 0.6) is 0 Å². The standard InChI is InChI=1S/C10H13NO3S/c1-4-14-10(13)8-5-9(11-7(3)12)15-6(8)2/h5H,4H2,1-3H3,(H,11,12). The molecule has 0 fully saturated rings. The molecule has 5 heteroatoms. The van der Waals surface area contributed by atoms with E-state index in [0.29, 0.717) is 17.2 Å². The monoisotopic (exact) mass is 227 g/mol. The first kappa shape index (κ1) is 11.7. The lowest BCUT2D eigenvalue weighted by atomic mass is 10.3. The van der Waals surface area contributed by atoms with Crippen molar-refractivity contribution in [2.45, 2.75) is 20.8 Å². The number of hydrogen-bond acceptors (Lipinski definition) is 4. The number of anilines is 1. The maximum Gasteiger partial charge on any atom is 0.339 e. The first-order valence-corrected chi connectivity index (χ1v) is 5.41. The summed E-state index contributed by atoms with van der Waals surface area (Å²) in [6, 6.07) is 1.64. The van der Waals surface area contributed by atoms with Gasteiger partial charge in [0.25, 0.3) is 0 Å². The van der Waals surface area contributed by atoms with Gasteiger partial charge in [0.05, 0.1) is 17.2 Å². The van der Waals surface area contributed by atoms with E-state index in [-0.39, 0.29) is 11.9 Å². The lowest BCUT2D eigenvalue weighted by Gasteiger charge is -1.98. The van der Waals surface area contributed by atoms with Crippen molar-refractivity contribution in [1.29, 1.82) is 0 Å². The molecule has 1 aromatic heterocycles. The summed E-state index contributed by atoms with van der Waals surface area (Å²) in [6.45, 7) is 5.36. The van der Waals surface area contributed by atoms with E-state index >= 15 is 0 Å². The van der Waals surface area contributed by atoms with Crippen molar-refractivity contribution >= 4 is 28.2 Å². The fourth-order valence-electron chi connectivity index (χ4n) is 1.13. The molecule has 0 aliphatic carbocycles. The summed E-state index contributed by atoms with van der Waals surface area (Å²) in [5.74, 6) is -0.491. The Kier molecular flexibility index (Phi) is 3.85. The smallest absolute Gasteiger partial charge is 0.339 e. The van der Waals surface area contributed by atoms with Gasteiger partial charge in [0, 0.05) is 11.8 Å². The second-order valence-corrected chi connectivity index (χ2v) is 4.24. The minimum Gasteiger partial charge on any atom is -0.462 e. The first-order chi connectivity index (χ1) is 7.04. The Morgan fingerprint density at radius 2 is 2.20 bits per heavy atom. The average molecular weight is 227 g/mol. The molecule has 1 heterocycles. The number of amides is 1. The zero-order chi connectivity index (χ0) is 11.4. The molecular weight excluding hydrogens is 214 g/mol. The molecule has 0 aliphatic heterocycles. The molecule has 1 aromatic rings. The van der Waals surface area contributed by atoms with Gasteiger partial charge in [-0.25, -0.2) is 4.79 Å². The van der Waals surface area contributed by atoms with E-state index in [1.165, 1.54) is 18.3 Å². The van der Waals surface area contributed by atoms with Crippen LogP contribution in [0.25, 0.3) is 0 Å². The normalized spacial score (nSPS) is 9.80. The molecule has 0 bridgehead atoms. The Morgan fingerprint density at radius 1 is 1.53 bits per heavy atom. The van der Waals surface area contributed by atoms with Crippen LogP contribution in [-0.2, 0) is 9.53 Å². The van der Waals surface area contributed by atoms with Crippen LogP contribution in [0.15, 0.2) is 6.07 Å². The fraction of sp³-hybridized carbons (Fsp3) is 0.400. The first-order valence-electron chi connectivity index (χ1n) is 4.59. The van der Waals surface area contributed by atoms with E-state index in [2.05, 4.69) is 5.32 Å². The largest absolute Gasteiger partial charge is 0.462 e. The van der Waals surface area contributed by atoms with Gasteiger partial charge in [-0.1, -0.05) is 0 Å². The number of carbonyl (C=O) groups excluding carboxylic acids is 2. The van der Waals surface area contributed by atoms with Crippen molar-refractivity contribution in [3.63, 3.8) is 0 Å². The Balaban J connectivity index is 2.86. The van der Waals surface area contributed by atoms with Gasteiger partial charge >= 0.3 is 5.97 Å². The predicted molar refractivity (Wildman–Crippen MR) is 59.3 cm³/mol. The summed E-state index contributed by atoms with van der Waals surface area (Å²) in [5.41, 5.74) is 0.519. The van der Waals surface area contributed by atoms with Crippen LogP contribution in [0, 0.1) is 6.92 Å². The molecule has 1 N–H and O–H groups in total.